The number of fused-ring (bicyclic) bond motifs is 1. The molecule has 0 aliphatic carbocycles. The molecule has 6 nitrogen and oxygen atoms in total. The van der Waals surface area contributed by atoms with Crippen molar-refractivity contribution in [3.05, 3.63) is 9.93 Å². The first-order chi connectivity index (χ1) is 9.90. The second-order valence-corrected chi connectivity index (χ2v) is 9.56. The molecular formula is C12H14NNaO5S3. The van der Waals surface area contributed by atoms with Crippen LogP contribution in [0, 0.1) is 5.92 Å². The van der Waals surface area contributed by atoms with Gasteiger partial charge in [0.05, 0.1) is 33.2 Å². The largest absolute Gasteiger partial charge is 1.00 e. The minimum absolute atomic E-state index is 0. The number of hydrogen-bond acceptors (Lipinski definition) is 7. The number of carboxylic acid groups (broad SMARTS) is 1. The van der Waals surface area contributed by atoms with Crippen LogP contribution in [0.4, 0.5) is 0 Å². The Kier molecular flexibility index (Phi) is 6.27. The van der Waals surface area contributed by atoms with Gasteiger partial charge in [0, 0.05) is 6.42 Å². The van der Waals surface area contributed by atoms with E-state index in [2.05, 4.69) is 0 Å². The van der Waals surface area contributed by atoms with E-state index in [0.29, 0.717) is 15.7 Å². The summed E-state index contributed by atoms with van der Waals surface area (Å²) in [7, 11) is 0. The zero-order chi connectivity index (χ0) is 15.3. The molecule has 1 amide bonds. The van der Waals surface area contributed by atoms with E-state index in [1.165, 1.54) is 35.3 Å². The standard InChI is InChI=1S/C12H15NO5S3.Na/c1-5(14)7-9(15)13-8(11(16)17)12(20-10(7)13)19-6-2-3-21(18)4-6;/h5-7,10,14H,2-4H2,1H3,(H,16,17);/q;+1/p-1/t5-,6+,7+,10-,21-;/m1./s1. The maximum Gasteiger partial charge on any atom is 1.00 e. The number of rotatable bonds is 4. The van der Waals surface area contributed by atoms with Crippen molar-refractivity contribution < 1.29 is 53.9 Å². The fourth-order valence-electron chi connectivity index (χ4n) is 2.70. The van der Waals surface area contributed by atoms with Gasteiger partial charge >= 0.3 is 29.6 Å². The number of aliphatic hydroxyl groups is 1. The van der Waals surface area contributed by atoms with Gasteiger partial charge in [-0.15, -0.1) is 11.8 Å². The zero-order valence-corrected chi connectivity index (χ0v) is 16.6. The van der Waals surface area contributed by atoms with Crippen LogP contribution < -0.4 is 34.7 Å². The summed E-state index contributed by atoms with van der Waals surface area (Å²) in [6.45, 7) is 1.53. The molecule has 0 saturated carbocycles. The van der Waals surface area contributed by atoms with Crippen molar-refractivity contribution in [3.8, 4) is 0 Å². The van der Waals surface area contributed by atoms with Crippen molar-refractivity contribution >= 4 is 46.6 Å². The first-order valence-corrected chi connectivity index (χ1v) is 9.80. The normalized spacial score (nSPS) is 35.0. The molecule has 0 aromatic rings. The van der Waals surface area contributed by atoms with Gasteiger partial charge in [0.2, 0.25) is 5.91 Å². The molecule has 10 heteroatoms. The van der Waals surface area contributed by atoms with Gasteiger partial charge in [-0.05, 0) is 6.92 Å². The van der Waals surface area contributed by atoms with Gasteiger partial charge in [-0.3, -0.25) is 9.69 Å². The number of carboxylic acids is 1. The van der Waals surface area contributed by atoms with E-state index in [0.717, 1.165) is 6.42 Å². The van der Waals surface area contributed by atoms with Gasteiger partial charge < -0.3 is 19.6 Å². The smallest absolute Gasteiger partial charge is 0.616 e. The molecule has 0 spiro atoms. The molecule has 116 valence electrons. The number of carbonyl (C=O) groups is 2. The monoisotopic (exact) mass is 371 g/mol. The molecule has 3 rings (SSSR count). The van der Waals surface area contributed by atoms with E-state index in [4.69, 9.17) is 0 Å². The summed E-state index contributed by atoms with van der Waals surface area (Å²) in [5.74, 6) is -1.12. The van der Waals surface area contributed by atoms with Crippen molar-refractivity contribution in [2.75, 3.05) is 11.5 Å². The Hall–Kier alpha value is 0.650. The van der Waals surface area contributed by atoms with E-state index in [1.807, 2.05) is 0 Å². The van der Waals surface area contributed by atoms with Gasteiger partial charge in [0.25, 0.3) is 0 Å². The number of nitrogens with zero attached hydrogens (tertiary/aromatic N) is 1. The fourth-order valence-corrected chi connectivity index (χ4v) is 7.95. The summed E-state index contributed by atoms with van der Waals surface area (Å²) < 4.78 is 12.0. The topological polar surface area (TPSA) is 104 Å². The summed E-state index contributed by atoms with van der Waals surface area (Å²) in [6, 6.07) is 0. The Labute approximate surface area is 161 Å². The summed E-state index contributed by atoms with van der Waals surface area (Å²) >= 11 is 1.83. The van der Waals surface area contributed by atoms with Gasteiger partial charge in [-0.2, -0.15) is 0 Å². The minimum Gasteiger partial charge on any atom is -0.616 e. The molecule has 1 N–H and O–H groups in total. The summed E-state index contributed by atoms with van der Waals surface area (Å²) in [6.07, 6.45) is -0.0299. The van der Waals surface area contributed by atoms with Crippen molar-refractivity contribution in [1.29, 1.82) is 0 Å². The van der Waals surface area contributed by atoms with Crippen molar-refractivity contribution in [3.63, 3.8) is 0 Å². The first-order valence-electron chi connectivity index (χ1n) is 6.55. The molecule has 2 saturated heterocycles. The Morgan fingerprint density at radius 1 is 1.59 bits per heavy atom. The second-order valence-electron chi connectivity index (χ2n) is 5.25. The molecule has 0 bridgehead atoms. The number of hydrogen-bond donors (Lipinski definition) is 1. The molecular weight excluding hydrogens is 357 g/mol. The van der Waals surface area contributed by atoms with Crippen LogP contribution in [0.5, 0.6) is 0 Å². The molecule has 2 fully saturated rings. The van der Waals surface area contributed by atoms with Gasteiger partial charge in [0.1, 0.15) is 16.9 Å². The SMILES string of the molecule is C[C@@H](O)[C@H]1C(=O)N2C(C(=O)[O-])=C(S[C@H]3CC[S@@+]([O-])C3)S[C@H]12.[Na+]. The van der Waals surface area contributed by atoms with Crippen LogP contribution in [0.3, 0.4) is 0 Å². The van der Waals surface area contributed by atoms with Crippen LogP contribution in [-0.4, -0.2) is 54.7 Å². The predicted molar refractivity (Wildman–Crippen MR) is 79.3 cm³/mol. The molecule has 3 aliphatic rings. The summed E-state index contributed by atoms with van der Waals surface area (Å²) in [5, 5.41) is 20.7. The zero-order valence-electron chi connectivity index (χ0n) is 12.2. The second kappa shape index (κ2) is 7.26. The van der Waals surface area contributed by atoms with E-state index >= 15 is 0 Å². The van der Waals surface area contributed by atoms with E-state index < -0.39 is 29.2 Å². The van der Waals surface area contributed by atoms with Crippen molar-refractivity contribution in [2.45, 2.75) is 30.1 Å². The van der Waals surface area contributed by atoms with Crippen molar-refractivity contribution in [2.24, 2.45) is 5.92 Å². The average molecular weight is 371 g/mol. The maximum absolute atomic E-state index is 12.0. The Morgan fingerprint density at radius 2 is 2.27 bits per heavy atom. The Morgan fingerprint density at radius 3 is 2.77 bits per heavy atom. The van der Waals surface area contributed by atoms with Crippen LogP contribution in [0.2, 0.25) is 0 Å². The van der Waals surface area contributed by atoms with Crippen LogP contribution in [0.25, 0.3) is 0 Å². The summed E-state index contributed by atoms with van der Waals surface area (Å²) in [5.41, 5.74) is -0.0883. The number of β-lactam (4-membered cyclic amide) rings is 1. The molecule has 0 radical (unpaired) electrons. The van der Waals surface area contributed by atoms with Crippen molar-refractivity contribution in [1.82, 2.24) is 4.90 Å². The molecule has 0 aromatic carbocycles. The minimum atomic E-state index is -1.37. The molecule has 22 heavy (non-hydrogen) atoms. The van der Waals surface area contributed by atoms with Crippen LogP contribution >= 0.6 is 23.5 Å². The number of carbonyl (C=O) groups excluding carboxylic acids is 2. The van der Waals surface area contributed by atoms with Crippen LogP contribution in [0.15, 0.2) is 9.93 Å². The number of thioether (sulfide) groups is 2. The molecule has 0 aromatic heterocycles. The van der Waals surface area contributed by atoms with E-state index in [-0.39, 0.29) is 51.8 Å². The van der Waals surface area contributed by atoms with Crippen LogP contribution in [0.1, 0.15) is 13.3 Å². The Balaban J connectivity index is 0.00000176. The number of amides is 1. The summed E-state index contributed by atoms with van der Waals surface area (Å²) in [4.78, 5) is 24.6. The fraction of sp³-hybridized carbons (Fsp3) is 0.667. The predicted octanol–water partition coefficient (Wildman–Crippen LogP) is -3.92. The van der Waals surface area contributed by atoms with Gasteiger partial charge in [0.15, 0.2) is 0 Å². The van der Waals surface area contributed by atoms with E-state index in [9.17, 15) is 24.4 Å². The number of aliphatic carboxylic acids is 1. The maximum atomic E-state index is 12.0. The average Bonchev–Trinajstić information content (AvgIpc) is 2.91. The van der Waals surface area contributed by atoms with Gasteiger partial charge in [-0.25, -0.2) is 0 Å². The number of aliphatic hydroxyl groups excluding tert-OH is 1. The Bertz CT molecular complexity index is 529. The molecule has 5 atom stereocenters. The van der Waals surface area contributed by atoms with Crippen LogP contribution in [-0.2, 0) is 20.8 Å². The third-order valence-corrected chi connectivity index (χ3v) is 8.32. The molecule has 3 heterocycles. The first kappa shape index (κ1) is 19.0. The van der Waals surface area contributed by atoms with Gasteiger partial charge in [-0.1, -0.05) is 22.9 Å². The molecule has 0 unspecified atom stereocenters. The molecule has 3 aliphatic heterocycles. The third kappa shape index (κ3) is 3.23. The van der Waals surface area contributed by atoms with E-state index in [1.54, 1.807) is 0 Å². The quantitative estimate of drug-likeness (QED) is 0.306. The third-order valence-electron chi connectivity index (χ3n) is 3.77.